The highest BCUT2D eigenvalue weighted by Crippen LogP contribution is 2.22. The van der Waals surface area contributed by atoms with Crippen LogP contribution in [0.1, 0.15) is 37.3 Å². The molecule has 3 rings (SSSR count). The Balaban J connectivity index is 1.52. The summed E-state index contributed by atoms with van der Waals surface area (Å²) in [6.07, 6.45) is 4.78. The van der Waals surface area contributed by atoms with Crippen molar-refractivity contribution < 1.29 is 13.2 Å². The van der Waals surface area contributed by atoms with Crippen LogP contribution in [0.15, 0.2) is 60.0 Å². The van der Waals surface area contributed by atoms with Gasteiger partial charge in [-0.1, -0.05) is 55.8 Å². The van der Waals surface area contributed by atoms with E-state index in [1.54, 1.807) is 6.08 Å². The first kappa shape index (κ1) is 21.3. The molecule has 1 saturated heterocycles. The van der Waals surface area contributed by atoms with Crippen molar-refractivity contribution in [2.24, 2.45) is 5.92 Å². The molecule has 1 aliphatic rings. The number of hydrogen-bond acceptors (Lipinski definition) is 3. The van der Waals surface area contributed by atoms with Gasteiger partial charge in [0.2, 0.25) is 15.9 Å². The number of amides is 1. The second-order valence-electron chi connectivity index (χ2n) is 7.37. The smallest absolute Gasteiger partial charge is 0.236 e. The van der Waals surface area contributed by atoms with Crippen molar-refractivity contribution in [3.05, 3.63) is 71.1 Å². The number of benzene rings is 2. The molecule has 6 heteroatoms. The molecular formula is C23H28N2O3S. The summed E-state index contributed by atoms with van der Waals surface area (Å²) in [5.41, 5.74) is 2.89. The number of nitrogens with one attached hydrogen (secondary N) is 1. The summed E-state index contributed by atoms with van der Waals surface area (Å²) >= 11 is 0. The molecule has 154 valence electrons. The van der Waals surface area contributed by atoms with Crippen LogP contribution in [0.25, 0.3) is 6.08 Å². The van der Waals surface area contributed by atoms with Crippen LogP contribution < -0.4 is 5.32 Å². The molecule has 2 aromatic carbocycles. The Morgan fingerprint density at radius 2 is 1.72 bits per heavy atom. The molecule has 1 aliphatic heterocycles. The second-order valence-corrected chi connectivity index (χ2v) is 9.19. The molecule has 1 amide bonds. The highest BCUT2D eigenvalue weighted by Gasteiger charge is 2.29. The van der Waals surface area contributed by atoms with Gasteiger partial charge in [-0.3, -0.25) is 4.79 Å². The third kappa shape index (κ3) is 6.02. The maximum atomic E-state index is 12.6. The van der Waals surface area contributed by atoms with Gasteiger partial charge < -0.3 is 5.32 Å². The molecule has 1 fully saturated rings. The molecule has 2 aromatic rings. The highest BCUT2D eigenvalue weighted by atomic mass is 32.2. The Kier molecular flexibility index (Phi) is 7.23. The van der Waals surface area contributed by atoms with Crippen LogP contribution in [0.2, 0.25) is 0 Å². The minimum absolute atomic E-state index is 0.0369. The minimum atomic E-state index is -3.48. The van der Waals surface area contributed by atoms with Crippen LogP contribution >= 0.6 is 0 Å². The molecule has 0 radical (unpaired) electrons. The van der Waals surface area contributed by atoms with E-state index < -0.39 is 10.0 Å². The lowest BCUT2D eigenvalue weighted by molar-refractivity contribution is -0.120. The number of nitrogens with zero attached hydrogens (tertiary/aromatic N) is 1. The Labute approximate surface area is 173 Å². The molecule has 0 aromatic heterocycles. The van der Waals surface area contributed by atoms with Crippen LogP contribution in [0, 0.1) is 5.92 Å². The van der Waals surface area contributed by atoms with Crippen LogP contribution in [-0.2, 0) is 21.2 Å². The lowest BCUT2D eigenvalue weighted by Crippen LogP contribution is -2.40. The molecule has 5 nitrogen and oxygen atoms in total. The van der Waals surface area contributed by atoms with Crippen molar-refractivity contribution in [2.75, 3.05) is 18.4 Å². The van der Waals surface area contributed by atoms with Crippen molar-refractivity contribution in [3.8, 4) is 0 Å². The number of carbonyl (C=O) groups excluding carboxylic acids is 1. The zero-order valence-electron chi connectivity index (χ0n) is 16.8. The van der Waals surface area contributed by atoms with E-state index in [2.05, 4.69) is 12.2 Å². The Bertz CT molecular complexity index is 930. The molecule has 1 N–H and O–H groups in total. The number of aryl methyl sites for hydroxylation is 1. The average molecular weight is 413 g/mol. The van der Waals surface area contributed by atoms with E-state index in [4.69, 9.17) is 0 Å². The number of hydrogen-bond donors (Lipinski definition) is 1. The number of anilines is 1. The average Bonchev–Trinajstić information content (AvgIpc) is 2.75. The van der Waals surface area contributed by atoms with Crippen molar-refractivity contribution in [3.63, 3.8) is 0 Å². The fourth-order valence-electron chi connectivity index (χ4n) is 3.47. The van der Waals surface area contributed by atoms with E-state index in [1.165, 1.54) is 15.3 Å². The Morgan fingerprint density at radius 3 is 2.34 bits per heavy atom. The lowest BCUT2D eigenvalue weighted by atomic mass is 9.97. The molecule has 0 aliphatic carbocycles. The first-order valence-electron chi connectivity index (χ1n) is 10.1. The summed E-state index contributed by atoms with van der Waals surface area (Å²) in [6.45, 7) is 2.85. The summed E-state index contributed by atoms with van der Waals surface area (Å²) in [5.74, 6) is -0.208. The van der Waals surface area contributed by atoms with Gasteiger partial charge in [0.05, 0.1) is 0 Å². The maximum absolute atomic E-state index is 12.6. The number of piperidine rings is 1. The normalized spacial score (nSPS) is 16.2. The second kappa shape index (κ2) is 9.85. The van der Waals surface area contributed by atoms with E-state index in [-0.39, 0.29) is 11.8 Å². The van der Waals surface area contributed by atoms with E-state index >= 15 is 0 Å². The first-order chi connectivity index (χ1) is 14.0. The van der Waals surface area contributed by atoms with Gasteiger partial charge in [0.25, 0.3) is 0 Å². The quantitative estimate of drug-likeness (QED) is 0.738. The third-order valence-electron chi connectivity index (χ3n) is 5.18. The summed E-state index contributed by atoms with van der Waals surface area (Å²) in [7, 11) is -3.48. The van der Waals surface area contributed by atoms with Crippen LogP contribution in [0.5, 0.6) is 0 Å². The molecule has 1 heterocycles. The van der Waals surface area contributed by atoms with Gasteiger partial charge in [-0.05, 0) is 48.6 Å². The van der Waals surface area contributed by atoms with Crippen molar-refractivity contribution in [1.29, 1.82) is 0 Å². The van der Waals surface area contributed by atoms with Crippen LogP contribution in [-0.4, -0.2) is 31.7 Å². The molecular weight excluding hydrogens is 384 g/mol. The van der Waals surface area contributed by atoms with Crippen LogP contribution in [0.3, 0.4) is 0 Å². The molecule has 29 heavy (non-hydrogen) atoms. The van der Waals surface area contributed by atoms with E-state index in [1.807, 2.05) is 54.6 Å². The molecule has 0 saturated carbocycles. The predicted molar refractivity (Wildman–Crippen MR) is 118 cm³/mol. The van der Waals surface area contributed by atoms with Crippen molar-refractivity contribution in [1.82, 2.24) is 4.31 Å². The number of carbonyl (C=O) groups is 1. The van der Waals surface area contributed by atoms with E-state index in [9.17, 15) is 13.2 Å². The third-order valence-corrected chi connectivity index (χ3v) is 6.74. The zero-order chi connectivity index (χ0) is 20.7. The molecule has 0 spiro atoms. The summed E-state index contributed by atoms with van der Waals surface area (Å²) in [5, 5.41) is 4.21. The first-order valence-corrected chi connectivity index (χ1v) is 11.6. The maximum Gasteiger partial charge on any atom is 0.236 e. The van der Waals surface area contributed by atoms with Gasteiger partial charge in [0, 0.05) is 30.1 Å². The Morgan fingerprint density at radius 1 is 1.07 bits per heavy atom. The van der Waals surface area contributed by atoms with E-state index in [0.29, 0.717) is 25.9 Å². The standard InChI is InChI=1S/C23H28N2O3S/c1-2-6-19-9-11-22(12-10-19)24-23(26)21-13-16-25(17-14-21)29(27,28)18-15-20-7-4-3-5-8-20/h3-5,7-12,15,18,21H,2,6,13-14,16-17H2,1H3,(H,24,26)/b18-15+. The summed E-state index contributed by atoms with van der Waals surface area (Å²) in [4.78, 5) is 12.6. The Hall–Kier alpha value is -2.44. The van der Waals surface area contributed by atoms with E-state index in [0.717, 1.165) is 24.1 Å². The monoisotopic (exact) mass is 412 g/mol. The minimum Gasteiger partial charge on any atom is -0.326 e. The van der Waals surface area contributed by atoms with Crippen molar-refractivity contribution in [2.45, 2.75) is 32.6 Å². The van der Waals surface area contributed by atoms with Gasteiger partial charge in [-0.2, -0.15) is 4.31 Å². The number of rotatable bonds is 7. The zero-order valence-corrected chi connectivity index (χ0v) is 17.6. The number of sulfonamides is 1. The molecule has 0 unspecified atom stereocenters. The van der Waals surface area contributed by atoms with Gasteiger partial charge in [0.15, 0.2) is 0 Å². The molecule has 0 atom stereocenters. The van der Waals surface area contributed by atoms with Gasteiger partial charge >= 0.3 is 0 Å². The van der Waals surface area contributed by atoms with Gasteiger partial charge in [-0.25, -0.2) is 8.42 Å². The van der Waals surface area contributed by atoms with Gasteiger partial charge in [0.1, 0.15) is 0 Å². The predicted octanol–water partition coefficient (Wildman–Crippen LogP) is 4.29. The SMILES string of the molecule is CCCc1ccc(NC(=O)C2CCN(S(=O)(=O)/C=C/c3ccccc3)CC2)cc1. The summed E-state index contributed by atoms with van der Waals surface area (Å²) in [6, 6.07) is 17.3. The van der Waals surface area contributed by atoms with Crippen LogP contribution in [0.4, 0.5) is 5.69 Å². The van der Waals surface area contributed by atoms with Gasteiger partial charge in [-0.15, -0.1) is 0 Å². The highest BCUT2D eigenvalue weighted by molar-refractivity contribution is 7.92. The summed E-state index contributed by atoms with van der Waals surface area (Å²) < 4.78 is 26.6. The fraction of sp³-hybridized carbons (Fsp3) is 0.348. The van der Waals surface area contributed by atoms with Crippen molar-refractivity contribution >= 4 is 27.7 Å². The molecule has 0 bridgehead atoms. The largest absolute Gasteiger partial charge is 0.326 e. The lowest BCUT2D eigenvalue weighted by Gasteiger charge is -2.29. The fourth-order valence-corrected chi connectivity index (χ4v) is 4.70. The topological polar surface area (TPSA) is 66.5 Å².